The van der Waals surface area contributed by atoms with Gasteiger partial charge in [-0.1, -0.05) is 6.92 Å². The van der Waals surface area contributed by atoms with Crippen molar-refractivity contribution < 1.29 is 4.79 Å². The van der Waals surface area contributed by atoms with Crippen LogP contribution in [0.15, 0.2) is 12.3 Å². The molecule has 1 amide bonds. The predicted molar refractivity (Wildman–Crippen MR) is 91.8 cm³/mol. The first-order chi connectivity index (χ1) is 11.1. The van der Waals surface area contributed by atoms with E-state index in [1.54, 1.807) is 0 Å². The predicted octanol–water partition coefficient (Wildman–Crippen LogP) is 2.41. The number of piperidine rings is 1. The number of rotatable bonds is 2. The largest absolute Gasteiger partial charge is 0.361 e. The summed E-state index contributed by atoms with van der Waals surface area (Å²) in [5, 5.41) is 13.9. The van der Waals surface area contributed by atoms with Crippen molar-refractivity contribution in [2.45, 2.75) is 32.4 Å². The second-order valence-electron chi connectivity index (χ2n) is 6.36. The van der Waals surface area contributed by atoms with E-state index in [1.165, 1.54) is 11.3 Å². The first kappa shape index (κ1) is 14.7. The number of aromatic amines is 1. The van der Waals surface area contributed by atoms with E-state index in [0.29, 0.717) is 0 Å². The van der Waals surface area contributed by atoms with Gasteiger partial charge in [0, 0.05) is 42.1 Å². The Labute approximate surface area is 139 Å². The fraction of sp³-hybridized carbons (Fsp3) is 0.500. The minimum absolute atomic E-state index is 0.0427. The number of carbonyl (C=O) groups is 1. The topological polar surface area (TPSA) is 73.0 Å². The smallest absolute Gasteiger partial charge is 0.265 e. The van der Waals surface area contributed by atoms with Crippen LogP contribution in [0, 0.1) is 6.92 Å². The average Bonchev–Trinajstić information content (AvgIpc) is 3.14. The van der Waals surface area contributed by atoms with Gasteiger partial charge in [0.1, 0.15) is 10.5 Å². The molecule has 6 nitrogen and oxygen atoms in total. The average molecular weight is 331 g/mol. The van der Waals surface area contributed by atoms with Crippen molar-refractivity contribution in [3.63, 3.8) is 0 Å². The SMILES string of the molecule is CCN1CCC2(CC1)NC(=O)c1sc(-c3cn[nH]c3C)cc1N2. The van der Waals surface area contributed by atoms with E-state index in [-0.39, 0.29) is 11.6 Å². The molecule has 1 fully saturated rings. The zero-order valence-electron chi connectivity index (χ0n) is 13.4. The molecule has 0 aliphatic carbocycles. The van der Waals surface area contributed by atoms with E-state index in [2.05, 4.69) is 38.7 Å². The molecule has 2 aromatic heterocycles. The van der Waals surface area contributed by atoms with Crippen molar-refractivity contribution in [2.24, 2.45) is 0 Å². The molecule has 4 rings (SSSR count). The highest BCUT2D eigenvalue weighted by Gasteiger charge is 2.40. The lowest BCUT2D eigenvalue weighted by Crippen LogP contribution is -2.62. The van der Waals surface area contributed by atoms with Crippen LogP contribution in [-0.2, 0) is 0 Å². The van der Waals surface area contributed by atoms with Gasteiger partial charge in [0.2, 0.25) is 0 Å². The number of carbonyl (C=O) groups excluding carboxylic acids is 1. The van der Waals surface area contributed by atoms with Crippen molar-refractivity contribution in [3.05, 3.63) is 22.8 Å². The van der Waals surface area contributed by atoms with Crippen LogP contribution < -0.4 is 10.6 Å². The van der Waals surface area contributed by atoms with E-state index in [4.69, 9.17) is 0 Å². The van der Waals surface area contributed by atoms with Gasteiger partial charge in [-0.3, -0.25) is 9.89 Å². The fourth-order valence-electron chi connectivity index (χ4n) is 3.45. The Morgan fingerprint density at radius 1 is 1.35 bits per heavy atom. The first-order valence-electron chi connectivity index (χ1n) is 8.07. The van der Waals surface area contributed by atoms with Gasteiger partial charge in [0.15, 0.2) is 0 Å². The van der Waals surface area contributed by atoms with Gasteiger partial charge in [0.25, 0.3) is 5.91 Å². The number of aromatic nitrogens is 2. The van der Waals surface area contributed by atoms with Crippen molar-refractivity contribution in [3.8, 4) is 10.4 Å². The molecule has 0 saturated carbocycles. The third kappa shape index (κ3) is 2.44. The Hall–Kier alpha value is -1.86. The molecule has 2 aromatic rings. The highest BCUT2D eigenvalue weighted by atomic mass is 32.1. The minimum Gasteiger partial charge on any atom is -0.361 e. The molecular formula is C16H21N5OS. The number of anilines is 1. The Bertz CT molecular complexity index is 741. The Balaban J connectivity index is 1.64. The van der Waals surface area contributed by atoms with Gasteiger partial charge in [-0.2, -0.15) is 5.10 Å². The molecule has 0 atom stereocenters. The van der Waals surface area contributed by atoms with Crippen molar-refractivity contribution >= 4 is 22.9 Å². The van der Waals surface area contributed by atoms with Crippen LogP contribution in [0.1, 0.15) is 35.1 Å². The Kier molecular flexibility index (Phi) is 3.42. The zero-order valence-corrected chi connectivity index (χ0v) is 14.2. The fourth-order valence-corrected chi connectivity index (χ4v) is 4.52. The third-order valence-electron chi connectivity index (χ3n) is 4.92. The van der Waals surface area contributed by atoms with E-state index in [9.17, 15) is 4.79 Å². The number of H-pyrrole nitrogens is 1. The van der Waals surface area contributed by atoms with E-state index in [0.717, 1.165) is 59.2 Å². The maximum Gasteiger partial charge on any atom is 0.265 e. The summed E-state index contributed by atoms with van der Waals surface area (Å²) in [6.07, 6.45) is 3.68. The summed E-state index contributed by atoms with van der Waals surface area (Å²) >= 11 is 1.52. The van der Waals surface area contributed by atoms with Gasteiger partial charge >= 0.3 is 0 Å². The molecule has 122 valence electrons. The van der Waals surface area contributed by atoms with Crippen molar-refractivity contribution in [2.75, 3.05) is 25.0 Å². The maximum atomic E-state index is 12.6. The third-order valence-corrected chi connectivity index (χ3v) is 6.08. The van der Waals surface area contributed by atoms with Crippen LogP contribution in [0.3, 0.4) is 0 Å². The van der Waals surface area contributed by atoms with Gasteiger partial charge in [0.05, 0.1) is 11.9 Å². The van der Waals surface area contributed by atoms with Crippen LogP contribution in [0.4, 0.5) is 5.69 Å². The Morgan fingerprint density at radius 3 is 2.78 bits per heavy atom. The number of hydrogen-bond donors (Lipinski definition) is 3. The molecule has 0 bridgehead atoms. The molecule has 2 aliphatic heterocycles. The van der Waals surface area contributed by atoms with Crippen LogP contribution >= 0.6 is 11.3 Å². The minimum atomic E-state index is -0.292. The number of aryl methyl sites for hydroxylation is 1. The van der Waals surface area contributed by atoms with Gasteiger partial charge in [-0.25, -0.2) is 0 Å². The molecule has 4 heterocycles. The molecule has 7 heteroatoms. The van der Waals surface area contributed by atoms with Crippen LogP contribution in [0.2, 0.25) is 0 Å². The molecule has 0 radical (unpaired) electrons. The summed E-state index contributed by atoms with van der Waals surface area (Å²) in [4.78, 5) is 16.9. The molecule has 1 saturated heterocycles. The second-order valence-corrected chi connectivity index (χ2v) is 7.41. The number of hydrogen-bond acceptors (Lipinski definition) is 5. The second kappa shape index (κ2) is 5.35. The molecule has 0 unspecified atom stereocenters. The molecule has 23 heavy (non-hydrogen) atoms. The summed E-state index contributed by atoms with van der Waals surface area (Å²) in [7, 11) is 0. The number of likely N-dealkylation sites (tertiary alicyclic amines) is 1. The Morgan fingerprint density at radius 2 is 2.13 bits per heavy atom. The van der Waals surface area contributed by atoms with Gasteiger partial charge in [-0.15, -0.1) is 11.3 Å². The normalized spacial score (nSPS) is 20.2. The maximum absolute atomic E-state index is 12.6. The van der Waals surface area contributed by atoms with Crippen LogP contribution in [0.25, 0.3) is 10.4 Å². The first-order valence-corrected chi connectivity index (χ1v) is 8.89. The zero-order chi connectivity index (χ0) is 16.0. The van der Waals surface area contributed by atoms with E-state index in [1.807, 2.05) is 13.1 Å². The summed E-state index contributed by atoms with van der Waals surface area (Å²) in [5.41, 5.74) is 2.75. The summed E-state index contributed by atoms with van der Waals surface area (Å²) < 4.78 is 0. The lowest BCUT2D eigenvalue weighted by Gasteiger charge is -2.45. The van der Waals surface area contributed by atoms with E-state index >= 15 is 0 Å². The lowest BCUT2D eigenvalue weighted by molar-refractivity contribution is 0.0838. The summed E-state index contributed by atoms with van der Waals surface area (Å²) in [6.45, 7) is 7.27. The highest BCUT2D eigenvalue weighted by molar-refractivity contribution is 7.18. The number of amides is 1. The number of nitrogens with zero attached hydrogens (tertiary/aromatic N) is 2. The molecule has 1 spiro atoms. The van der Waals surface area contributed by atoms with Crippen LogP contribution in [-0.4, -0.2) is 46.3 Å². The van der Waals surface area contributed by atoms with E-state index < -0.39 is 0 Å². The van der Waals surface area contributed by atoms with Crippen molar-refractivity contribution in [1.82, 2.24) is 20.4 Å². The summed E-state index contributed by atoms with van der Waals surface area (Å²) in [6, 6.07) is 2.09. The standard InChI is InChI=1S/C16H21N5OS/c1-3-21-6-4-16(5-7-21)18-12-8-13(11-9-17-20-10(11)2)23-14(12)15(22)19-16/h8-9,18H,3-7H2,1-2H3,(H,17,20)(H,19,22). The molecular weight excluding hydrogens is 310 g/mol. The monoisotopic (exact) mass is 331 g/mol. The molecule has 2 aliphatic rings. The molecule has 0 aromatic carbocycles. The van der Waals surface area contributed by atoms with Crippen LogP contribution in [0.5, 0.6) is 0 Å². The quantitative estimate of drug-likeness (QED) is 0.790. The summed E-state index contributed by atoms with van der Waals surface area (Å²) in [5.74, 6) is 0.0427. The number of nitrogens with one attached hydrogen (secondary N) is 3. The molecule has 3 N–H and O–H groups in total. The van der Waals surface area contributed by atoms with Gasteiger partial charge in [-0.05, 0) is 19.5 Å². The van der Waals surface area contributed by atoms with Crippen molar-refractivity contribution in [1.29, 1.82) is 0 Å². The number of thiophene rings is 1. The van der Waals surface area contributed by atoms with Gasteiger partial charge < -0.3 is 15.5 Å². The highest BCUT2D eigenvalue weighted by Crippen LogP contribution is 2.40. The number of fused-ring (bicyclic) bond motifs is 1. The lowest BCUT2D eigenvalue weighted by atomic mass is 9.94.